The van der Waals surface area contributed by atoms with E-state index < -0.39 is 21.8 Å². The summed E-state index contributed by atoms with van der Waals surface area (Å²) in [5.74, 6) is -0.711. The Labute approximate surface area is 219 Å². The van der Waals surface area contributed by atoms with E-state index in [1.165, 1.54) is 24.3 Å². The number of halogens is 3. The summed E-state index contributed by atoms with van der Waals surface area (Å²) in [6, 6.07) is 13.6. The molecule has 6 nitrogen and oxygen atoms in total. The largest absolute Gasteiger partial charge is 0.389 e. The first kappa shape index (κ1) is 26.4. The van der Waals surface area contributed by atoms with Gasteiger partial charge in [0.2, 0.25) is 0 Å². The van der Waals surface area contributed by atoms with Crippen LogP contribution < -0.4 is 4.90 Å². The second-order valence-electron chi connectivity index (χ2n) is 8.76. The SMILES string of the molecule is CC(O)c1c(Cl)cc(N2CCN(C(=O)c3cc(S(C)(=O)=O)ccc3-c3ccc(F)cc3)CC2)cc1Cl. The zero-order valence-corrected chi connectivity index (χ0v) is 22.0. The van der Waals surface area contributed by atoms with Crippen molar-refractivity contribution in [2.45, 2.75) is 17.9 Å². The fraction of sp³-hybridized carbons (Fsp3) is 0.269. The van der Waals surface area contributed by atoms with Gasteiger partial charge >= 0.3 is 0 Å². The molecule has 0 saturated carbocycles. The Bertz CT molecular complexity index is 1380. The molecule has 1 N–H and O–H groups in total. The molecule has 1 aliphatic heterocycles. The van der Waals surface area contributed by atoms with Crippen LogP contribution in [0.25, 0.3) is 11.1 Å². The summed E-state index contributed by atoms with van der Waals surface area (Å²) in [5, 5.41) is 10.6. The highest BCUT2D eigenvalue weighted by Crippen LogP contribution is 2.35. The lowest BCUT2D eigenvalue weighted by Gasteiger charge is -2.36. The molecule has 0 spiro atoms. The Morgan fingerprint density at radius 2 is 1.56 bits per heavy atom. The molecule has 0 aliphatic carbocycles. The number of aliphatic hydroxyl groups excluding tert-OH is 1. The molecule has 36 heavy (non-hydrogen) atoms. The average Bonchev–Trinajstić information content (AvgIpc) is 2.82. The van der Waals surface area contributed by atoms with Crippen LogP contribution in [0.15, 0.2) is 59.5 Å². The Morgan fingerprint density at radius 1 is 0.972 bits per heavy atom. The van der Waals surface area contributed by atoms with Gasteiger partial charge in [-0.2, -0.15) is 0 Å². The number of carbonyl (C=O) groups excluding carboxylic acids is 1. The minimum absolute atomic E-state index is 0.0397. The van der Waals surface area contributed by atoms with Gasteiger partial charge in [-0.3, -0.25) is 4.79 Å². The van der Waals surface area contributed by atoms with Crippen LogP contribution in [0.4, 0.5) is 10.1 Å². The van der Waals surface area contributed by atoms with Gasteiger partial charge in [-0.1, -0.05) is 41.4 Å². The molecule has 1 heterocycles. The van der Waals surface area contributed by atoms with Gasteiger partial charge in [-0.05, 0) is 54.4 Å². The van der Waals surface area contributed by atoms with Gasteiger partial charge in [0.1, 0.15) is 5.82 Å². The number of hydrogen-bond donors (Lipinski definition) is 1. The first-order valence-corrected chi connectivity index (χ1v) is 13.9. The summed E-state index contributed by atoms with van der Waals surface area (Å²) >= 11 is 12.7. The maximum absolute atomic E-state index is 13.6. The van der Waals surface area contributed by atoms with Crippen LogP contribution in [-0.4, -0.2) is 56.8 Å². The van der Waals surface area contributed by atoms with Crippen molar-refractivity contribution in [2.24, 2.45) is 0 Å². The molecule has 1 aliphatic rings. The van der Waals surface area contributed by atoms with Gasteiger partial charge in [0.25, 0.3) is 5.91 Å². The number of carbonyl (C=O) groups is 1. The molecule has 1 atom stereocenters. The van der Waals surface area contributed by atoms with Crippen molar-refractivity contribution in [1.29, 1.82) is 0 Å². The van der Waals surface area contributed by atoms with Crippen LogP contribution in [0, 0.1) is 5.82 Å². The molecule has 1 fully saturated rings. The molecule has 0 bridgehead atoms. The van der Waals surface area contributed by atoms with Gasteiger partial charge in [-0.15, -0.1) is 0 Å². The van der Waals surface area contributed by atoms with Crippen LogP contribution in [0.5, 0.6) is 0 Å². The number of anilines is 1. The van der Waals surface area contributed by atoms with Gasteiger partial charge < -0.3 is 14.9 Å². The number of amides is 1. The summed E-state index contributed by atoms with van der Waals surface area (Å²) in [4.78, 5) is 17.3. The third-order valence-corrected chi connectivity index (χ3v) is 7.95. The molecule has 3 aromatic carbocycles. The average molecular weight is 551 g/mol. The molecular weight excluding hydrogens is 526 g/mol. The van der Waals surface area contributed by atoms with E-state index in [-0.39, 0.29) is 16.4 Å². The number of aliphatic hydroxyl groups is 1. The summed E-state index contributed by atoms with van der Waals surface area (Å²) in [6.45, 7) is 3.38. The van der Waals surface area contributed by atoms with E-state index in [0.29, 0.717) is 52.9 Å². The van der Waals surface area contributed by atoms with Gasteiger partial charge in [0.15, 0.2) is 9.84 Å². The molecule has 3 aromatic rings. The third-order valence-electron chi connectivity index (χ3n) is 6.22. The van der Waals surface area contributed by atoms with E-state index in [4.69, 9.17) is 23.2 Å². The number of rotatable bonds is 5. The zero-order valence-electron chi connectivity index (χ0n) is 19.7. The normalized spacial score (nSPS) is 15.2. The molecular formula is C26H25Cl2FN2O4S. The summed E-state index contributed by atoms with van der Waals surface area (Å²) in [6.07, 6.45) is 0.290. The highest BCUT2D eigenvalue weighted by atomic mass is 35.5. The fourth-order valence-electron chi connectivity index (χ4n) is 4.30. The molecule has 10 heteroatoms. The zero-order chi connectivity index (χ0) is 26.2. The first-order valence-electron chi connectivity index (χ1n) is 11.3. The summed E-state index contributed by atoms with van der Waals surface area (Å²) < 4.78 is 37.8. The summed E-state index contributed by atoms with van der Waals surface area (Å²) in [5.41, 5.74) is 2.64. The Balaban J connectivity index is 1.60. The second kappa shape index (κ2) is 10.4. The minimum Gasteiger partial charge on any atom is -0.389 e. The molecule has 0 radical (unpaired) electrons. The smallest absolute Gasteiger partial charge is 0.254 e. The van der Waals surface area contributed by atoms with Crippen molar-refractivity contribution >= 4 is 44.6 Å². The first-order chi connectivity index (χ1) is 17.0. The lowest BCUT2D eigenvalue weighted by molar-refractivity contribution is 0.0747. The summed E-state index contributed by atoms with van der Waals surface area (Å²) in [7, 11) is -3.54. The van der Waals surface area contributed by atoms with Crippen molar-refractivity contribution in [3.63, 3.8) is 0 Å². The lowest BCUT2D eigenvalue weighted by atomic mass is 9.98. The molecule has 190 valence electrons. The minimum atomic E-state index is -3.54. The fourth-order valence-corrected chi connectivity index (χ4v) is 5.74. The topological polar surface area (TPSA) is 77.9 Å². The van der Waals surface area contributed by atoms with Crippen molar-refractivity contribution in [1.82, 2.24) is 4.90 Å². The van der Waals surface area contributed by atoms with Crippen molar-refractivity contribution in [3.05, 3.63) is 81.6 Å². The van der Waals surface area contributed by atoms with Crippen molar-refractivity contribution < 1.29 is 22.7 Å². The molecule has 1 unspecified atom stereocenters. The molecule has 1 saturated heterocycles. The number of piperazine rings is 1. The van der Waals surface area contributed by atoms with E-state index in [1.807, 2.05) is 4.90 Å². The second-order valence-corrected chi connectivity index (χ2v) is 11.6. The predicted molar refractivity (Wildman–Crippen MR) is 140 cm³/mol. The predicted octanol–water partition coefficient (Wildman–Crippen LogP) is 5.22. The molecule has 1 amide bonds. The molecule has 4 rings (SSSR count). The lowest BCUT2D eigenvalue weighted by Crippen LogP contribution is -2.49. The Morgan fingerprint density at radius 3 is 2.08 bits per heavy atom. The number of sulfone groups is 1. The van der Waals surface area contributed by atoms with Crippen LogP contribution in [0.2, 0.25) is 10.0 Å². The third kappa shape index (κ3) is 5.52. The monoisotopic (exact) mass is 550 g/mol. The number of hydrogen-bond acceptors (Lipinski definition) is 5. The maximum atomic E-state index is 13.6. The highest BCUT2D eigenvalue weighted by molar-refractivity contribution is 7.90. The van der Waals surface area contributed by atoms with E-state index in [0.717, 1.165) is 11.9 Å². The van der Waals surface area contributed by atoms with Gasteiger partial charge in [0, 0.05) is 59.3 Å². The Kier molecular flexibility index (Phi) is 7.61. The highest BCUT2D eigenvalue weighted by Gasteiger charge is 2.26. The quantitative estimate of drug-likeness (QED) is 0.471. The van der Waals surface area contributed by atoms with E-state index in [2.05, 4.69) is 0 Å². The van der Waals surface area contributed by atoms with E-state index >= 15 is 0 Å². The van der Waals surface area contributed by atoms with Gasteiger partial charge in [-0.25, -0.2) is 12.8 Å². The van der Waals surface area contributed by atoms with Gasteiger partial charge in [0.05, 0.1) is 11.0 Å². The maximum Gasteiger partial charge on any atom is 0.254 e. The Hall–Kier alpha value is -2.65. The van der Waals surface area contributed by atoms with Crippen LogP contribution in [-0.2, 0) is 9.84 Å². The number of nitrogens with zero attached hydrogens (tertiary/aromatic N) is 2. The van der Waals surface area contributed by atoms with E-state index in [1.54, 1.807) is 42.2 Å². The van der Waals surface area contributed by atoms with Crippen molar-refractivity contribution in [3.8, 4) is 11.1 Å². The van der Waals surface area contributed by atoms with E-state index in [9.17, 15) is 22.7 Å². The van der Waals surface area contributed by atoms with Crippen molar-refractivity contribution in [2.75, 3.05) is 37.3 Å². The van der Waals surface area contributed by atoms with Crippen LogP contribution in [0.1, 0.15) is 28.9 Å². The number of benzene rings is 3. The molecule has 0 aromatic heterocycles. The standard InChI is InChI=1S/C26H25Cl2FN2O4S/c1-16(32)25-23(27)13-19(14-24(25)28)30-9-11-31(12-10-30)26(33)22-15-20(36(2,34)35)7-8-21(22)17-3-5-18(29)6-4-17/h3-8,13-16,32H,9-12H2,1-2H3. The van der Waals surface area contributed by atoms with Crippen LogP contribution >= 0.6 is 23.2 Å². The van der Waals surface area contributed by atoms with Crippen LogP contribution in [0.3, 0.4) is 0 Å².